The summed E-state index contributed by atoms with van der Waals surface area (Å²) >= 11 is 5.47. The van der Waals surface area contributed by atoms with Crippen LogP contribution in [0.4, 0.5) is 13.2 Å². The highest BCUT2D eigenvalue weighted by molar-refractivity contribution is 6.31. The van der Waals surface area contributed by atoms with Crippen LogP contribution in [-0.4, -0.2) is 6.29 Å². The third-order valence-corrected chi connectivity index (χ3v) is 2.01. The van der Waals surface area contributed by atoms with Gasteiger partial charge in [-0.25, -0.2) is 0 Å². The number of rotatable bonds is 1. The van der Waals surface area contributed by atoms with Crippen LogP contribution in [0.15, 0.2) is 18.2 Å². The molecule has 0 aliphatic heterocycles. The molecule has 0 bridgehead atoms. The van der Waals surface area contributed by atoms with Crippen molar-refractivity contribution in [3.05, 3.63) is 34.3 Å². The fraction of sp³-hybridized carbons (Fsp3) is 0.182. The van der Waals surface area contributed by atoms with Crippen LogP contribution < -0.4 is 0 Å². The molecule has 0 heterocycles. The second-order valence-corrected chi connectivity index (χ2v) is 3.27. The molecular weight excluding hydrogens is 241 g/mol. The first-order chi connectivity index (χ1) is 7.45. The monoisotopic (exact) mass is 246 g/mol. The summed E-state index contributed by atoms with van der Waals surface area (Å²) in [6.07, 6.45) is -3.82. The average Bonchev–Trinajstić information content (AvgIpc) is 2.16. The van der Waals surface area contributed by atoms with Gasteiger partial charge in [0.05, 0.1) is 17.0 Å². The summed E-state index contributed by atoms with van der Waals surface area (Å²) in [5.74, 6) is 5.01. The van der Waals surface area contributed by atoms with Gasteiger partial charge in [-0.05, 0) is 18.2 Å². The van der Waals surface area contributed by atoms with E-state index in [-0.39, 0.29) is 6.42 Å². The summed E-state index contributed by atoms with van der Waals surface area (Å²) < 4.78 is 37.0. The molecule has 0 amide bonds. The predicted molar refractivity (Wildman–Crippen MR) is 54.0 cm³/mol. The maximum atomic E-state index is 12.3. The second kappa shape index (κ2) is 5.04. The predicted octanol–water partition coefficient (Wildman–Crippen LogP) is 3.30. The van der Waals surface area contributed by atoms with E-state index in [0.717, 1.165) is 12.1 Å². The Labute approximate surface area is 95.2 Å². The van der Waals surface area contributed by atoms with Crippen LogP contribution in [0.25, 0.3) is 0 Å². The molecule has 0 fully saturated rings. The van der Waals surface area contributed by atoms with Gasteiger partial charge in [0.1, 0.15) is 6.29 Å². The maximum Gasteiger partial charge on any atom is 0.417 e. The summed E-state index contributed by atoms with van der Waals surface area (Å²) in [7, 11) is 0. The summed E-state index contributed by atoms with van der Waals surface area (Å²) in [6, 6.07) is 3.21. The molecular formula is C11H6ClF3O. The number of hydrogen-bond acceptors (Lipinski definition) is 1. The number of aldehydes is 1. The van der Waals surface area contributed by atoms with Crippen molar-refractivity contribution in [3.8, 4) is 11.8 Å². The van der Waals surface area contributed by atoms with E-state index in [0.29, 0.717) is 11.8 Å². The van der Waals surface area contributed by atoms with Gasteiger partial charge in [0.2, 0.25) is 0 Å². The number of carbonyl (C=O) groups is 1. The largest absolute Gasteiger partial charge is 0.417 e. The number of halogens is 4. The molecule has 0 aliphatic carbocycles. The van der Waals surface area contributed by atoms with E-state index >= 15 is 0 Å². The van der Waals surface area contributed by atoms with Crippen molar-refractivity contribution >= 4 is 17.9 Å². The average molecular weight is 247 g/mol. The van der Waals surface area contributed by atoms with Crippen molar-refractivity contribution in [2.24, 2.45) is 0 Å². The van der Waals surface area contributed by atoms with E-state index in [4.69, 9.17) is 11.6 Å². The molecule has 0 spiro atoms. The quantitative estimate of drug-likeness (QED) is 0.549. The lowest BCUT2D eigenvalue weighted by atomic mass is 10.1. The zero-order chi connectivity index (χ0) is 12.2. The molecule has 0 radical (unpaired) electrons. The zero-order valence-corrected chi connectivity index (χ0v) is 8.69. The molecule has 1 aromatic rings. The molecule has 5 heteroatoms. The molecule has 1 nitrogen and oxygen atoms in total. The number of carbonyl (C=O) groups excluding carboxylic acids is 1. The summed E-state index contributed by atoms with van der Waals surface area (Å²) in [4.78, 5) is 9.97. The molecule has 0 saturated carbocycles. The zero-order valence-electron chi connectivity index (χ0n) is 7.94. The Morgan fingerprint density at radius 1 is 1.38 bits per heavy atom. The maximum absolute atomic E-state index is 12.3. The van der Waals surface area contributed by atoms with Gasteiger partial charge in [0.25, 0.3) is 0 Å². The molecule has 0 saturated heterocycles. The van der Waals surface area contributed by atoms with Crippen LogP contribution >= 0.6 is 11.6 Å². The Balaban J connectivity index is 3.01. The third kappa shape index (κ3) is 3.28. The van der Waals surface area contributed by atoms with Gasteiger partial charge in [0.15, 0.2) is 0 Å². The van der Waals surface area contributed by atoms with Crippen LogP contribution in [0.3, 0.4) is 0 Å². The number of benzene rings is 1. The minimum absolute atomic E-state index is 0.0403. The highest BCUT2D eigenvalue weighted by Gasteiger charge is 2.32. The lowest BCUT2D eigenvalue weighted by Gasteiger charge is -2.08. The van der Waals surface area contributed by atoms with Gasteiger partial charge < -0.3 is 4.79 Å². The number of alkyl halides is 3. The van der Waals surface area contributed by atoms with E-state index in [1.165, 1.54) is 6.07 Å². The van der Waals surface area contributed by atoms with Crippen LogP contribution in [0.1, 0.15) is 17.5 Å². The minimum Gasteiger partial charge on any atom is -0.302 e. The lowest BCUT2D eigenvalue weighted by molar-refractivity contribution is -0.137. The van der Waals surface area contributed by atoms with Crippen molar-refractivity contribution in [1.82, 2.24) is 0 Å². The Morgan fingerprint density at radius 2 is 2.06 bits per heavy atom. The van der Waals surface area contributed by atoms with Gasteiger partial charge >= 0.3 is 6.18 Å². The Kier molecular flexibility index (Phi) is 3.97. The van der Waals surface area contributed by atoms with Crippen LogP contribution in [0, 0.1) is 11.8 Å². The molecule has 0 atom stereocenters. The number of hydrogen-bond donors (Lipinski definition) is 0. The summed E-state index contributed by atoms with van der Waals surface area (Å²) in [6.45, 7) is 0. The van der Waals surface area contributed by atoms with Crippen molar-refractivity contribution in [2.75, 3.05) is 0 Å². The van der Waals surface area contributed by atoms with Gasteiger partial charge in [-0.2, -0.15) is 13.2 Å². The van der Waals surface area contributed by atoms with Gasteiger partial charge in [-0.3, -0.25) is 0 Å². The van der Waals surface area contributed by atoms with E-state index in [1.807, 2.05) is 0 Å². The van der Waals surface area contributed by atoms with Crippen molar-refractivity contribution in [2.45, 2.75) is 12.6 Å². The van der Waals surface area contributed by atoms with Crippen molar-refractivity contribution < 1.29 is 18.0 Å². The Hall–Kier alpha value is -1.47. The first-order valence-corrected chi connectivity index (χ1v) is 4.62. The van der Waals surface area contributed by atoms with Crippen LogP contribution in [-0.2, 0) is 11.0 Å². The Bertz CT molecular complexity index is 455. The topological polar surface area (TPSA) is 17.1 Å². The van der Waals surface area contributed by atoms with E-state index in [2.05, 4.69) is 11.8 Å². The van der Waals surface area contributed by atoms with Crippen molar-refractivity contribution in [1.29, 1.82) is 0 Å². The first-order valence-electron chi connectivity index (χ1n) is 4.24. The first kappa shape index (κ1) is 12.6. The molecule has 16 heavy (non-hydrogen) atoms. The molecule has 0 aromatic heterocycles. The van der Waals surface area contributed by atoms with Crippen LogP contribution in [0.2, 0.25) is 5.02 Å². The molecule has 0 aliphatic rings. The molecule has 0 N–H and O–H groups in total. The van der Waals surface area contributed by atoms with E-state index in [1.54, 1.807) is 0 Å². The SMILES string of the molecule is O=CCC#Cc1ccc(C(F)(F)F)c(Cl)c1. The van der Waals surface area contributed by atoms with E-state index < -0.39 is 16.8 Å². The smallest absolute Gasteiger partial charge is 0.302 e. The molecule has 1 rings (SSSR count). The van der Waals surface area contributed by atoms with Gasteiger partial charge in [0, 0.05) is 5.56 Å². The molecule has 1 aromatic carbocycles. The second-order valence-electron chi connectivity index (χ2n) is 2.86. The van der Waals surface area contributed by atoms with Gasteiger partial charge in [-0.15, -0.1) is 0 Å². The normalized spacial score (nSPS) is 10.5. The Morgan fingerprint density at radius 3 is 2.56 bits per heavy atom. The van der Waals surface area contributed by atoms with Crippen molar-refractivity contribution in [3.63, 3.8) is 0 Å². The van der Waals surface area contributed by atoms with Gasteiger partial charge in [-0.1, -0.05) is 23.4 Å². The summed E-state index contributed by atoms with van der Waals surface area (Å²) in [5, 5.41) is -0.398. The fourth-order valence-electron chi connectivity index (χ4n) is 1.02. The fourth-order valence-corrected chi connectivity index (χ4v) is 1.31. The standard InChI is InChI=1S/C11H6ClF3O/c12-10-7-8(3-1-2-6-16)4-5-9(10)11(13,14)15/h4-7H,2H2. The summed E-state index contributed by atoms with van der Waals surface area (Å²) in [5.41, 5.74) is -0.546. The highest BCUT2D eigenvalue weighted by Crippen LogP contribution is 2.34. The molecule has 0 unspecified atom stereocenters. The third-order valence-electron chi connectivity index (χ3n) is 1.69. The lowest BCUT2D eigenvalue weighted by Crippen LogP contribution is -2.05. The molecule has 84 valence electrons. The minimum atomic E-state index is -4.47. The van der Waals surface area contributed by atoms with E-state index in [9.17, 15) is 18.0 Å². The van der Waals surface area contributed by atoms with Crippen LogP contribution in [0.5, 0.6) is 0 Å². The highest BCUT2D eigenvalue weighted by atomic mass is 35.5.